The molecule has 0 amide bonds. The van der Waals surface area contributed by atoms with Gasteiger partial charge in [0.05, 0.1) is 5.92 Å². The summed E-state index contributed by atoms with van der Waals surface area (Å²) in [7, 11) is 0. The van der Waals surface area contributed by atoms with E-state index in [0.29, 0.717) is 18.3 Å². The fourth-order valence-electron chi connectivity index (χ4n) is 2.74. The summed E-state index contributed by atoms with van der Waals surface area (Å²) in [6.45, 7) is 9.91. The minimum atomic E-state index is -0.402. The molecule has 0 radical (unpaired) electrons. The van der Waals surface area contributed by atoms with Gasteiger partial charge in [0.1, 0.15) is 5.60 Å². The number of rotatable bonds is 4. The molecular weight excluding hydrogens is 254 g/mol. The van der Waals surface area contributed by atoms with Crippen LogP contribution in [0.2, 0.25) is 0 Å². The summed E-state index contributed by atoms with van der Waals surface area (Å²) < 4.78 is 11.3. The molecule has 0 spiro atoms. The van der Waals surface area contributed by atoms with Crippen molar-refractivity contribution in [3.8, 4) is 0 Å². The van der Waals surface area contributed by atoms with Gasteiger partial charge in [-0.1, -0.05) is 25.9 Å². The Morgan fingerprint density at radius 3 is 2.65 bits per heavy atom. The summed E-state index contributed by atoms with van der Waals surface area (Å²) in [6.07, 6.45) is 4.12. The maximum atomic E-state index is 5.87. The normalized spacial score (nSPS) is 25.6. The van der Waals surface area contributed by atoms with Gasteiger partial charge in [0.25, 0.3) is 0 Å². The number of hydrogen-bond acceptors (Lipinski definition) is 5. The molecule has 2 unspecified atom stereocenters. The van der Waals surface area contributed by atoms with Gasteiger partial charge >= 0.3 is 0 Å². The zero-order chi connectivity index (χ0) is 14.8. The monoisotopic (exact) mass is 281 g/mol. The Bertz CT molecular complexity index is 431. The van der Waals surface area contributed by atoms with Crippen molar-refractivity contribution in [1.29, 1.82) is 0 Å². The molecule has 1 aliphatic heterocycles. The predicted octanol–water partition coefficient (Wildman–Crippen LogP) is 2.96. The van der Waals surface area contributed by atoms with E-state index in [-0.39, 0.29) is 11.3 Å². The average Bonchev–Trinajstić information content (AvgIpc) is 2.86. The molecular formula is C15H27N3O2. The van der Waals surface area contributed by atoms with Gasteiger partial charge in [0.2, 0.25) is 11.7 Å². The lowest BCUT2D eigenvalue weighted by Gasteiger charge is -2.30. The molecule has 114 valence electrons. The number of hydrogen-bond donors (Lipinski definition) is 1. The highest BCUT2D eigenvalue weighted by molar-refractivity contribution is 5.04. The molecule has 1 aromatic rings. The summed E-state index contributed by atoms with van der Waals surface area (Å²) in [5.41, 5.74) is 5.66. The molecule has 2 rings (SSSR count). The van der Waals surface area contributed by atoms with Crippen molar-refractivity contribution in [1.82, 2.24) is 10.1 Å². The molecule has 1 aliphatic rings. The molecule has 2 heterocycles. The van der Waals surface area contributed by atoms with Crippen LogP contribution in [0, 0.1) is 5.41 Å². The van der Waals surface area contributed by atoms with Crippen LogP contribution in [0.15, 0.2) is 4.52 Å². The lowest BCUT2D eigenvalue weighted by Crippen LogP contribution is -2.31. The van der Waals surface area contributed by atoms with Gasteiger partial charge < -0.3 is 15.0 Å². The second kappa shape index (κ2) is 5.82. The summed E-state index contributed by atoms with van der Waals surface area (Å²) in [5, 5.41) is 4.14. The Kier molecular flexibility index (Phi) is 4.49. The zero-order valence-corrected chi connectivity index (χ0v) is 13.1. The van der Waals surface area contributed by atoms with Crippen molar-refractivity contribution < 1.29 is 9.26 Å². The molecule has 0 aromatic carbocycles. The van der Waals surface area contributed by atoms with Crippen LogP contribution >= 0.6 is 0 Å². The van der Waals surface area contributed by atoms with Crippen LogP contribution in [0.3, 0.4) is 0 Å². The van der Waals surface area contributed by atoms with Crippen LogP contribution < -0.4 is 5.73 Å². The minimum Gasteiger partial charge on any atom is -0.367 e. The van der Waals surface area contributed by atoms with Crippen molar-refractivity contribution in [3.63, 3.8) is 0 Å². The van der Waals surface area contributed by atoms with Gasteiger partial charge in [0.15, 0.2) is 0 Å². The van der Waals surface area contributed by atoms with Crippen LogP contribution in [0.4, 0.5) is 0 Å². The fourth-order valence-corrected chi connectivity index (χ4v) is 2.74. The fraction of sp³-hybridized carbons (Fsp3) is 0.867. The molecule has 1 fully saturated rings. The highest BCUT2D eigenvalue weighted by Crippen LogP contribution is 2.35. The first kappa shape index (κ1) is 15.4. The molecule has 1 saturated heterocycles. The minimum absolute atomic E-state index is 0.114. The standard InChI is InChI=1S/C15H27N3O2/c1-14(2,3)9-11(10-16)12-17-13(18-20-12)15(4)7-5-6-8-19-15/h11H,5-10,16H2,1-4H3. The maximum absolute atomic E-state index is 5.87. The van der Waals surface area contributed by atoms with Gasteiger partial charge in [-0.25, -0.2) is 0 Å². The number of nitrogens with zero attached hydrogens (tertiary/aromatic N) is 2. The average molecular weight is 281 g/mol. The van der Waals surface area contributed by atoms with Gasteiger partial charge in [-0.15, -0.1) is 0 Å². The molecule has 0 saturated carbocycles. The largest absolute Gasteiger partial charge is 0.367 e. The molecule has 1 aromatic heterocycles. The van der Waals surface area contributed by atoms with Crippen molar-refractivity contribution >= 4 is 0 Å². The summed E-state index contributed by atoms with van der Waals surface area (Å²) in [6, 6.07) is 0. The predicted molar refractivity (Wildman–Crippen MR) is 77.3 cm³/mol. The summed E-state index contributed by atoms with van der Waals surface area (Å²) in [5.74, 6) is 1.43. The highest BCUT2D eigenvalue weighted by Gasteiger charge is 2.36. The van der Waals surface area contributed by atoms with Crippen molar-refractivity contribution in [2.75, 3.05) is 13.2 Å². The van der Waals surface area contributed by atoms with E-state index in [0.717, 1.165) is 32.3 Å². The topological polar surface area (TPSA) is 74.2 Å². The third-order valence-corrected chi connectivity index (χ3v) is 3.88. The van der Waals surface area contributed by atoms with Crippen LogP contribution in [-0.4, -0.2) is 23.3 Å². The SMILES string of the molecule is CC(C)(C)CC(CN)c1nc(C2(C)CCCCO2)no1. The van der Waals surface area contributed by atoms with E-state index >= 15 is 0 Å². The van der Waals surface area contributed by atoms with E-state index in [1.54, 1.807) is 0 Å². The summed E-state index contributed by atoms with van der Waals surface area (Å²) in [4.78, 5) is 4.58. The van der Waals surface area contributed by atoms with Crippen LogP contribution in [0.1, 0.15) is 71.0 Å². The van der Waals surface area contributed by atoms with Crippen molar-refractivity contribution in [2.45, 2.75) is 64.9 Å². The number of aromatic nitrogens is 2. The lowest BCUT2D eigenvalue weighted by atomic mass is 9.84. The molecule has 0 bridgehead atoms. The molecule has 20 heavy (non-hydrogen) atoms. The van der Waals surface area contributed by atoms with Crippen LogP contribution in [0.5, 0.6) is 0 Å². The van der Waals surface area contributed by atoms with E-state index in [4.69, 9.17) is 15.0 Å². The van der Waals surface area contributed by atoms with Gasteiger partial charge in [0, 0.05) is 13.2 Å². The first-order valence-electron chi connectivity index (χ1n) is 7.52. The second-order valence-electron chi connectivity index (χ2n) is 7.19. The van der Waals surface area contributed by atoms with Crippen LogP contribution in [0.25, 0.3) is 0 Å². The van der Waals surface area contributed by atoms with Crippen LogP contribution in [-0.2, 0) is 10.3 Å². The van der Waals surface area contributed by atoms with Crippen molar-refractivity contribution in [2.24, 2.45) is 11.1 Å². The lowest BCUT2D eigenvalue weighted by molar-refractivity contribution is -0.0770. The van der Waals surface area contributed by atoms with E-state index in [2.05, 4.69) is 30.9 Å². The zero-order valence-electron chi connectivity index (χ0n) is 13.1. The maximum Gasteiger partial charge on any atom is 0.231 e. The van der Waals surface area contributed by atoms with E-state index in [1.165, 1.54) is 0 Å². The van der Waals surface area contributed by atoms with E-state index in [1.807, 2.05) is 6.92 Å². The molecule has 0 aliphatic carbocycles. The Hall–Kier alpha value is -0.940. The van der Waals surface area contributed by atoms with E-state index in [9.17, 15) is 0 Å². The number of nitrogens with two attached hydrogens (primary N) is 1. The third-order valence-electron chi connectivity index (χ3n) is 3.88. The van der Waals surface area contributed by atoms with Crippen molar-refractivity contribution in [3.05, 3.63) is 11.7 Å². The number of ether oxygens (including phenoxy) is 1. The Morgan fingerprint density at radius 2 is 2.10 bits per heavy atom. The Morgan fingerprint density at radius 1 is 1.35 bits per heavy atom. The third kappa shape index (κ3) is 3.58. The smallest absolute Gasteiger partial charge is 0.231 e. The highest BCUT2D eigenvalue weighted by atomic mass is 16.5. The quantitative estimate of drug-likeness (QED) is 0.918. The molecule has 2 N–H and O–H groups in total. The van der Waals surface area contributed by atoms with E-state index < -0.39 is 5.60 Å². The Balaban J connectivity index is 2.14. The molecule has 2 atom stereocenters. The van der Waals surface area contributed by atoms with Gasteiger partial charge in [-0.05, 0) is 38.0 Å². The van der Waals surface area contributed by atoms with Gasteiger partial charge in [-0.2, -0.15) is 4.98 Å². The molecule has 5 nitrogen and oxygen atoms in total. The van der Waals surface area contributed by atoms with Gasteiger partial charge in [-0.3, -0.25) is 0 Å². The first-order chi connectivity index (χ1) is 9.34. The summed E-state index contributed by atoms with van der Waals surface area (Å²) >= 11 is 0. The Labute approximate surface area is 121 Å². The molecule has 5 heteroatoms. The second-order valence-corrected chi connectivity index (χ2v) is 7.19. The first-order valence-corrected chi connectivity index (χ1v) is 7.52.